The van der Waals surface area contributed by atoms with Gasteiger partial charge in [-0.15, -0.1) is 0 Å². The molecule has 0 saturated heterocycles. The fraction of sp³-hybridized carbons (Fsp3) is 0.542. The van der Waals surface area contributed by atoms with Crippen molar-refractivity contribution < 1.29 is 0 Å². The van der Waals surface area contributed by atoms with Crippen LogP contribution in [0.15, 0.2) is 35.1 Å². The van der Waals surface area contributed by atoms with Gasteiger partial charge >= 0.3 is 0 Å². The predicted molar refractivity (Wildman–Crippen MR) is 133 cm³/mol. The highest BCUT2D eigenvalue weighted by Crippen LogP contribution is 2.24. The molecule has 0 spiro atoms. The lowest BCUT2D eigenvalue weighted by atomic mass is 10.1. The number of fused-ring (bicyclic) bond motifs is 1. The van der Waals surface area contributed by atoms with Crippen LogP contribution in [0, 0.1) is 0 Å². The summed E-state index contributed by atoms with van der Waals surface area (Å²) in [6.07, 6.45) is 12.4. The van der Waals surface area contributed by atoms with Gasteiger partial charge in [0.15, 0.2) is 21.7 Å². The molecule has 168 valence electrons. The number of nitrogen functional groups attached to an aromatic ring is 1. The van der Waals surface area contributed by atoms with E-state index in [2.05, 4.69) is 67.0 Å². The van der Waals surface area contributed by atoms with Crippen molar-refractivity contribution in [3.8, 4) is 0 Å². The van der Waals surface area contributed by atoms with Gasteiger partial charge in [-0.05, 0) is 40.8 Å². The van der Waals surface area contributed by atoms with E-state index in [1.54, 1.807) is 0 Å². The summed E-state index contributed by atoms with van der Waals surface area (Å²) in [5.74, 6) is 0.994. The van der Waals surface area contributed by atoms with Crippen LogP contribution in [0.4, 0.5) is 11.8 Å². The summed E-state index contributed by atoms with van der Waals surface area (Å²) < 4.78 is 2.88. The molecule has 3 rings (SSSR count). The smallest absolute Gasteiger partial charge is 0.226 e. The zero-order valence-corrected chi connectivity index (χ0v) is 20.2. The minimum atomic E-state index is 0.422. The van der Waals surface area contributed by atoms with E-state index in [1.165, 1.54) is 50.5 Å². The summed E-state index contributed by atoms with van der Waals surface area (Å²) >= 11 is 3.58. The van der Waals surface area contributed by atoms with Crippen molar-refractivity contribution in [3.05, 3.63) is 40.6 Å². The number of hydrogen-bond donors (Lipinski definition) is 2. The van der Waals surface area contributed by atoms with Crippen LogP contribution in [0.3, 0.4) is 0 Å². The van der Waals surface area contributed by atoms with Gasteiger partial charge in [-0.3, -0.25) is 0 Å². The molecule has 3 N–H and O–H groups in total. The van der Waals surface area contributed by atoms with Gasteiger partial charge in [0.1, 0.15) is 0 Å². The summed E-state index contributed by atoms with van der Waals surface area (Å²) in [5, 5.41) is 3.33. The second kappa shape index (κ2) is 12.6. The maximum atomic E-state index is 6.18. The van der Waals surface area contributed by atoms with Crippen molar-refractivity contribution in [1.82, 2.24) is 19.5 Å². The maximum absolute atomic E-state index is 6.18. The first-order valence-corrected chi connectivity index (χ1v) is 12.5. The van der Waals surface area contributed by atoms with E-state index >= 15 is 0 Å². The number of nitrogens with one attached hydrogen (secondary N) is 1. The van der Waals surface area contributed by atoms with Crippen LogP contribution in [0.5, 0.6) is 0 Å². The van der Waals surface area contributed by atoms with Gasteiger partial charge in [-0.1, -0.05) is 82.2 Å². The van der Waals surface area contributed by atoms with Crippen molar-refractivity contribution in [2.24, 2.45) is 0 Å². The molecule has 1 aromatic carbocycles. The lowest BCUT2D eigenvalue weighted by molar-refractivity contribution is 0.544. The minimum Gasteiger partial charge on any atom is -0.382 e. The Morgan fingerprint density at radius 3 is 2.35 bits per heavy atom. The molecule has 3 aromatic rings. The number of hydrogen-bond acceptors (Lipinski definition) is 5. The molecule has 0 atom stereocenters. The van der Waals surface area contributed by atoms with Gasteiger partial charge in [0.05, 0.1) is 0 Å². The first kappa shape index (κ1) is 23.5. The Labute approximate surface area is 194 Å². The number of nitrogens with zero attached hydrogens (tertiary/aromatic N) is 4. The van der Waals surface area contributed by atoms with E-state index in [9.17, 15) is 0 Å². The Bertz CT molecular complexity index is 925. The van der Waals surface area contributed by atoms with Gasteiger partial charge in [-0.25, -0.2) is 4.98 Å². The van der Waals surface area contributed by atoms with E-state index in [4.69, 9.17) is 10.7 Å². The maximum Gasteiger partial charge on any atom is 0.226 e. The summed E-state index contributed by atoms with van der Waals surface area (Å²) in [6.45, 7) is 3.94. The van der Waals surface area contributed by atoms with E-state index < -0.39 is 0 Å². The number of aryl methyl sites for hydroxylation is 2. The molecular formula is C24H35BrN6. The number of imidazole rings is 1. The van der Waals surface area contributed by atoms with Crippen molar-refractivity contribution in [2.75, 3.05) is 17.6 Å². The molecule has 0 aliphatic rings. The lowest BCUT2D eigenvalue weighted by Gasteiger charge is -2.08. The van der Waals surface area contributed by atoms with Crippen molar-refractivity contribution in [1.29, 1.82) is 0 Å². The average Bonchev–Trinajstić information content (AvgIpc) is 3.10. The number of rotatable bonds is 14. The first-order valence-electron chi connectivity index (χ1n) is 11.7. The third kappa shape index (κ3) is 7.20. The molecule has 0 aliphatic heterocycles. The average molecular weight is 487 g/mol. The number of benzene rings is 1. The molecule has 0 fully saturated rings. The van der Waals surface area contributed by atoms with E-state index in [-0.39, 0.29) is 0 Å². The zero-order chi connectivity index (χ0) is 21.9. The van der Waals surface area contributed by atoms with E-state index in [0.29, 0.717) is 17.3 Å². The first-order chi connectivity index (χ1) is 15.2. The monoisotopic (exact) mass is 486 g/mol. The molecule has 2 heterocycles. The summed E-state index contributed by atoms with van der Waals surface area (Å²) in [4.78, 5) is 13.7. The van der Waals surface area contributed by atoms with Gasteiger partial charge < -0.3 is 15.6 Å². The molecule has 0 bridgehead atoms. The normalized spacial score (nSPS) is 11.3. The van der Waals surface area contributed by atoms with Crippen LogP contribution in [0.2, 0.25) is 0 Å². The zero-order valence-electron chi connectivity index (χ0n) is 18.6. The SMILES string of the molecule is CCCCCCCCCCn1c(Br)nc2c(N)nc(NCCCc3ccccc3)nc21. The Morgan fingerprint density at radius 2 is 1.61 bits per heavy atom. The highest BCUT2D eigenvalue weighted by molar-refractivity contribution is 9.10. The Kier molecular flexibility index (Phi) is 9.59. The van der Waals surface area contributed by atoms with Crippen LogP contribution in [0.25, 0.3) is 11.2 Å². The molecule has 7 heteroatoms. The van der Waals surface area contributed by atoms with Crippen molar-refractivity contribution in [2.45, 2.75) is 77.7 Å². The van der Waals surface area contributed by atoms with Gasteiger partial charge in [0.25, 0.3) is 0 Å². The van der Waals surface area contributed by atoms with Crippen LogP contribution in [-0.2, 0) is 13.0 Å². The highest BCUT2D eigenvalue weighted by Gasteiger charge is 2.15. The van der Waals surface area contributed by atoms with Crippen molar-refractivity contribution >= 4 is 38.9 Å². The highest BCUT2D eigenvalue weighted by atomic mass is 79.9. The minimum absolute atomic E-state index is 0.422. The number of anilines is 2. The predicted octanol–water partition coefficient (Wildman–Crippen LogP) is 6.36. The van der Waals surface area contributed by atoms with Crippen molar-refractivity contribution in [3.63, 3.8) is 0 Å². The second-order valence-electron chi connectivity index (χ2n) is 8.13. The number of nitrogens with two attached hydrogens (primary N) is 1. The molecule has 0 unspecified atom stereocenters. The Hall–Kier alpha value is -2.15. The molecule has 0 saturated carbocycles. The summed E-state index contributed by atoms with van der Waals surface area (Å²) in [5.41, 5.74) is 8.99. The topological polar surface area (TPSA) is 81.7 Å². The molecule has 2 aromatic heterocycles. The van der Waals surface area contributed by atoms with Gasteiger partial charge in [-0.2, -0.15) is 9.97 Å². The van der Waals surface area contributed by atoms with Crippen LogP contribution >= 0.6 is 15.9 Å². The fourth-order valence-electron chi connectivity index (χ4n) is 3.81. The largest absolute Gasteiger partial charge is 0.382 e. The molecule has 0 amide bonds. The molecule has 6 nitrogen and oxygen atoms in total. The molecule has 0 radical (unpaired) electrons. The van der Waals surface area contributed by atoms with Crippen LogP contribution in [0.1, 0.15) is 70.3 Å². The molecular weight excluding hydrogens is 452 g/mol. The van der Waals surface area contributed by atoms with E-state index in [0.717, 1.165) is 42.7 Å². The number of halogens is 1. The second-order valence-corrected chi connectivity index (χ2v) is 8.84. The molecule has 0 aliphatic carbocycles. The Morgan fingerprint density at radius 1 is 0.903 bits per heavy atom. The standard InChI is InChI=1S/C24H35BrN6/c1-2-3-4-5-6-7-8-12-18-31-22-20(28-23(31)25)21(26)29-24(30-22)27-17-13-16-19-14-10-9-11-15-19/h9-11,14-15H,2-8,12-13,16-18H2,1H3,(H3,26,27,29,30). The lowest BCUT2D eigenvalue weighted by Crippen LogP contribution is -2.09. The number of aromatic nitrogens is 4. The third-order valence-corrected chi connectivity index (χ3v) is 6.18. The van der Waals surface area contributed by atoms with Crippen LogP contribution in [-0.4, -0.2) is 26.1 Å². The van der Waals surface area contributed by atoms with E-state index in [1.807, 2.05) is 6.07 Å². The van der Waals surface area contributed by atoms with Gasteiger partial charge in [0, 0.05) is 13.1 Å². The molecule has 31 heavy (non-hydrogen) atoms. The third-order valence-electron chi connectivity index (χ3n) is 5.58. The van der Waals surface area contributed by atoms with Crippen LogP contribution < -0.4 is 11.1 Å². The quantitative estimate of drug-likeness (QED) is 0.204. The number of unbranched alkanes of at least 4 members (excludes halogenated alkanes) is 7. The van der Waals surface area contributed by atoms with Gasteiger partial charge in [0.2, 0.25) is 5.95 Å². The summed E-state index contributed by atoms with van der Waals surface area (Å²) in [6, 6.07) is 10.5. The fourth-order valence-corrected chi connectivity index (χ4v) is 4.34. The Balaban J connectivity index is 1.52. The summed E-state index contributed by atoms with van der Waals surface area (Å²) in [7, 11) is 0.